The summed E-state index contributed by atoms with van der Waals surface area (Å²) in [7, 11) is 0. The molecule has 122 valence electrons. The third-order valence-corrected chi connectivity index (χ3v) is 3.91. The van der Waals surface area contributed by atoms with Crippen molar-refractivity contribution in [3.05, 3.63) is 65.5 Å². The van der Waals surface area contributed by atoms with Crippen molar-refractivity contribution < 1.29 is 9.18 Å². The Hall–Kier alpha value is -2.20. The number of hydrogen-bond donors (Lipinski definition) is 1. The van der Waals surface area contributed by atoms with Crippen molar-refractivity contribution in [3.8, 4) is 0 Å². The molecule has 0 saturated carbocycles. The number of nitrogens with zero attached hydrogens (tertiary/aromatic N) is 1. The van der Waals surface area contributed by atoms with Crippen LogP contribution in [0.25, 0.3) is 0 Å². The number of aryl methyl sites for hydroxylation is 1. The Labute approximate surface area is 137 Å². The predicted molar refractivity (Wildman–Crippen MR) is 91.8 cm³/mol. The van der Waals surface area contributed by atoms with E-state index < -0.39 is 5.82 Å². The molecule has 3 nitrogen and oxygen atoms in total. The molecular formula is C19H23FN2O. The van der Waals surface area contributed by atoms with Gasteiger partial charge < -0.3 is 5.32 Å². The van der Waals surface area contributed by atoms with Crippen LogP contribution in [-0.4, -0.2) is 23.9 Å². The van der Waals surface area contributed by atoms with Gasteiger partial charge in [-0.3, -0.25) is 9.69 Å². The van der Waals surface area contributed by atoms with Gasteiger partial charge in [0.15, 0.2) is 0 Å². The first-order valence-electron chi connectivity index (χ1n) is 7.91. The van der Waals surface area contributed by atoms with Crippen LogP contribution in [0, 0.1) is 12.7 Å². The second kappa shape index (κ2) is 8.44. The van der Waals surface area contributed by atoms with Gasteiger partial charge in [0.1, 0.15) is 5.82 Å². The van der Waals surface area contributed by atoms with E-state index in [2.05, 4.69) is 36.2 Å². The standard InChI is InChI=1S/C19H23FN2O/c1-3-22(14-16-9-5-4-8-15(16)2)13-12-19(23)21-18-11-7-6-10-17(18)20/h4-11H,3,12-14H2,1-2H3,(H,21,23). The summed E-state index contributed by atoms with van der Waals surface area (Å²) >= 11 is 0. The third kappa shape index (κ3) is 5.18. The molecule has 0 saturated heterocycles. The second-order valence-corrected chi connectivity index (χ2v) is 5.57. The van der Waals surface area contributed by atoms with Crippen molar-refractivity contribution >= 4 is 11.6 Å². The Kier molecular flexibility index (Phi) is 6.29. The number of amides is 1. The maximum Gasteiger partial charge on any atom is 0.225 e. The van der Waals surface area contributed by atoms with Gasteiger partial charge in [0.25, 0.3) is 0 Å². The molecule has 0 unspecified atom stereocenters. The Morgan fingerprint density at radius 1 is 1.13 bits per heavy atom. The Balaban J connectivity index is 1.87. The molecular weight excluding hydrogens is 291 g/mol. The smallest absolute Gasteiger partial charge is 0.225 e. The Morgan fingerprint density at radius 3 is 2.52 bits per heavy atom. The van der Waals surface area contributed by atoms with Crippen molar-refractivity contribution in [3.63, 3.8) is 0 Å². The second-order valence-electron chi connectivity index (χ2n) is 5.57. The van der Waals surface area contributed by atoms with Crippen LogP contribution in [0.15, 0.2) is 48.5 Å². The van der Waals surface area contributed by atoms with Crippen LogP contribution in [-0.2, 0) is 11.3 Å². The molecule has 0 atom stereocenters. The van der Waals surface area contributed by atoms with Gasteiger partial charge in [0, 0.05) is 19.5 Å². The van der Waals surface area contributed by atoms with Crippen LogP contribution in [0.1, 0.15) is 24.5 Å². The molecule has 1 N–H and O–H groups in total. The quantitative estimate of drug-likeness (QED) is 0.838. The molecule has 0 aromatic heterocycles. The van der Waals surface area contributed by atoms with Gasteiger partial charge in [-0.25, -0.2) is 4.39 Å². The lowest BCUT2D eigenvalue weighted by molar-refractivity contribution is -0.116. The van der Waals surface area contributed by atoms with Crippen LogP contribution in [0.3, 0.4) is 0 Å². The largest absolute Gasteiger partial charge is 0.324 e. The fraction of sp³-hybridized carbons (Fsp3) is 0.316. The van der Waals surface area contributed by atoms with Crippen molar-refractivity contribution in [2.24, 2.45) is 0 Å². The molecule has 0 aliphatic rings. The van der Waals surface area contributed by atoms with Crippen molar-refractivity contribution in [2.75, 3.05) is 18.4 Å². The van der Waals surface area contributed by atoms with Gasteiger partial charge in [0.05, 0.1) is 5.69 Å². The van der Waals surface area contributed by atoms with E-state index >= 15 is 0 Å². The monoisotopic (exact) mass is 314 g/mol. The highest BCUT2D eigenvalue weighted by molar-refractivity contribution is 5.90. The zero-order valence-corrected chi connectivity index (χ0v) is 13.7. The summed E-state index contributed by atoms with van der Waals surface area (Å²) < 4.78 is 13.5. The van der Waals surface area contributed by atoms with Crippen molar-refractivity contribution in [1.82, 2.24) is 4.90 Å². The number of benzene rings is 2. The zero-order valence-electron chi connectivity index (χ0n) is 13.7. The third-order valence-electron chi connectivity index (χ3n) is 3.91. The molecule has 2 aromatic carbocycles. The van der Waals surface area contributed by atoms with Gasteiger partial charge in [-0.15, -0.1) is 0 Å². The first-order valence-corrected chi connectivity index (χ1v) is 7.91. The van der Waals surface area contributed by atoms with Gasteiger partial charge in [-0.1, -0.05) is 43.3 Å². The Morgan fingerprint density at radius 2 is 1.83 bits per heavy atom. The van der Waals surface area contributed by atoms with Gasteiger partial charge >= 0.3 is 0 Å². The minimum Gasteiger partial charge on any atom is -0.324 e. The summed E-state index contributed by atoms with van der Waals surface area (Å²) in [4.78, 5) is 14.2. The molecule has 23 heavy (non-hydrogen) atoms. The summed E-state index contributed by atoms with van der Waals surface area (Å²) in [5, 5.41) is 2.62. The molecule has 0 spiro atoms. The summed E-state index contributed by atoms with van der Waals surface area (Å²) in [5.74, 6) is -0.577. The van der Waals surface area contributed by atoms with E-state index in [4.69, 9.17) is 0 Å². The maximum absolute atomic E-state index is 13.5. The normalized spacial score (nSPS) is 10.8. The molecule has 0 radical (unpaired) electrons. The number of para-hydroxylation sites is 1. The first-order chi connectivity index (χ1) is 11.1. The molecule has 0 aliphatic heterocycles. The first kappa shape index (κ1) is 17.2. The fourth-order valence-electron chi connectivity index (χ4n) is 2.41. The van der Waals surface area contributed by atoms with E-state index in [1.165, 1.54) is 17.2 Å². The fourth-order valence-corrected chi connectivity index (χ4v) is 2.41. The number of carbonyl (C=O) groups is 1. The SMILES string of the molecule is CCN(CCC(=O)Nc1ccccc1F)Cc1ccccc1C. The van der Waals surface area contributed by atoms with Crippen LogP contribution in [0.2, 0.25) is 0 Å². The highest BCUT2D eigenvalue weighted by atomic mass is 19.1. The molecule has 0 bridgehead atoms. The number of rotatable bonds is 7. The van der Waals surface area contributed by atoms with Crippen LogP contribution < -0.4 is 5.32 Å². The van der Waals surface area contributed by atoms with Crippen molar-refractivity contribution in [1.29, 1.82) is 0 Å². The highest BCUT2D eigenvalue weighted by Crippen LogP contribution is 2.13. The zero-order chi connectivity index (χ0) is 16.7. The average Bonchev–Trinajstić information content (AvgIpc) is 2.55. The summed E-state index contributed by atoms with van der Waals surface area (Å²) in [6.07, 6.45) is 0.341. The van der Waals surface area contributed by atoms with Crippen LogP contribution in [0.4, 0.5) is 10.1 Å². The predicted octanol–water partition coefficient (Wildman–Crippen LogP) is 3.98. The van der Waals surface area contributed by atoms with E-state index in [1.807, 2.05) is 12.1 Å². The summed E-state index contributed by atoms with van der Waals surface area (Å²) in [6.45, 7) is 6.49. The lowest BCUT2D eigenvalue weighted by Gasteiger charge is -2.21. The Bertz CT molecular complexity index is 657. The van der Waals surface area contributed by atoms with E-state index in [9.17, 15) is 9.18 Å². The summed E-state index contributed by atoms with van der Waals surface area (Å²) in [6, 6.07) is 14.5. The average molecular weight is 314 g/mol. The van der Waals surface area contributed by atoms with Crippen molar-refractivity contribution in [2.45, 2.75) is 26.8 Å². The van der Waals surface area contributed by atoms with E-state index in [1.54, 1.807) is 18.2 Å². The van der Waals surface area contributed by atoms with Gasteiger partial charge in [0.2, 0.25) is 5.91 Å². The number of carbonyl (C=O) groups excluding carboxylic acids is 1. The highest BCUT2D eigenvalue weighted by Gasteiger charge is 2.10. The van der Waals surface area contributed by atoms with E-state index in [-0.39, 0.29) is 11.6 Å². The maximum atomic E-state index is 13.5. The molecule has 4 heteroatoms. The lowest BCUT2D eigenvalue weighted by Crippen LogP contribution is -2.27. The number of hydrogen-bond acceptors (Lipinski definition) is 2. The van der Waals surface area contributed by atoms with Crippen LogP contribution >= 0.6 is 0 Å². The van der Waals surface area contributed by atoms with E-state index in [0.717, 1.165) is 13.1 Å². The van der Waals surface area contributed by atoms with Gasteiger partial charge in [-0.2, -0.15) is 0 Å². The molecule has 2 aromatic rings. The molecule has 0 fully saturated rings. The molecule has 1 amide bonds. The molecule has 2 rings (SSSR count). The molecule has 0 heterocycles. The summed E-state index contributed by atoms with van der Waals surface area (Å²) in [5.41, 5.74) is 2.75. The van der Waals surface area contributed by atoms with E-state index in [0.29, 0.717) is 13.0 Å². The lowest BCUT2D eigenvalue weighted by atomic mass is 10.1. The van der Waals surface area contributed by atoms with Crippen LogP contribution in [0.5, 0.6) is 0 Å². The number of anilines is 1. The minimum atomic E-state index is -0.409. The van der Waals surface area contributed by atoms with Gasteiger partial charge in [-0.05, 0) is 36.7 Å². The minimum absolute atomic E-state index is 0.168. The number of nitrogens with one attached hydrogen (secondary N) is 1. The topological polar surface area (TPSA) is 32.3 Å². The molecule has 0 aliphatic carbocycles. The number of halogens is 1.